The number of rotatable bonds is 5. The average molecular weight is 362 g/mol. The molecule has 0 unspecified atom stereocenters. The number of hydrogen-bond acceptors (Lipinski definition) is 5. The Bertz CT molecular complexity index is 752. The molecule has 7 heteroatoms. The number of ether oxygens (including phenoxy) is 1. The normalized spacial score (nSPS) is 20.2. The van der Waals surface area contributed by atoms with E-state index in [1.165, 1.54) is 6.33 Å². The van der Waals surface area contributed by atoms with E-state index in [4.69, 9.17) is 21.4 Å². The fourth-order valence-electron chi connectivity index (χ4n) is 3.03. The van der Waals surface area contributed by atoms with Gasteiger partial charge in [-0.2, -0.15) is 0 Å². The number of hydrogen-bond donors (Lipinski definition) is 2. The van der Waals surface area contributed by atoms with Crippen LogP contribution in [0.5, 0.6) is 0 Å². The number of carboxylic acid groups (broad SMARTS) is 1. The van der Waals surface area contributed by atoms with E-state index >= 15 is 0 Å². The molecule has 0 spiro atoms. The largest absolute Gasteiger partial charge is 0.476 e. The summed E-state index contributed by atoms with van der Waals surface area (Å²) in [6, 6.07) is 7.74. The minimum Gasteiger partial charge on any atom is -0.476 e. The van der Waals surface area contributed by atoms with E-state index in [0.29, 0.717) is 22.9 Å². The van der Waals surface area contributed by atoms with Crippen molar-refractivity contribution in [1.29, 1.82) is 0 Å². The van der Waals surface area contributed by atoms with Crippen molar-refractivity contribution < 1.29 is 14.6 Å². The van der Waals surface area contributed by atoms with Crippen molar-refractivity contribution in [2.24, 2.45) is 0 Å². The van der Waals surface area contributed by atoms with Crippen LogP contribution in [0.25, 0.3) is 0 Å². The van der Waals surface area contributed by atoms with Gasteiger partial charge in [-0.1, -0.05) is 23.7 Å². The van der Waals surface area contributed by atoms with E-state index in [0.717, 1.165) is 24.8 Å². The molecule has 0 amide bonds. The summed E-state index contributed by atoms with van der Waals surface area (Å²) in [5.41, 5.74) is 1.67. The Hall–Kier alpha value is -2.18. The second-order valence-corrected chi connectivity index (χ2v) is 6.55. The summed E-state index contributed by atoms with van der Waals surface area (Å²) in [5.74, 6) is -0.524. The fourth-order valence-corrected chi connectivity index (χ4v) is 3.15. The molecule has 1 aromatic heterocycles. The Morgan fingerprint density at radius 2 is 2.08 bits per heavy atom. The van der Waals surface area contributed by atoms with Crippen LogP contribution in [-0.2, 0) is 4.74 Å². The van der Waals surface area contributed by atoms with Gasteiger partial charge in [0.1, 0.15) is 12.1 Å². The number of benzene rings is 1. The lowest BCUT2D eigenvalue weighted by atomic mass is 9.98. The zero-order valence-corrected chi connectivity index (χ0v) is 14.7. The second kappa shape index (κ2) is 7.80. The van der Waals surface area contributed by atoms with Crippen molar-refractivity contribution in [2.75, 3.05) is 11.9 Å². The van der Waals surface area contributed by atoms with Crippen molar-refractivity contribution in [3.63, 3.8) is 0 Å². The molecule has 6 nitrogen and oxygen atoms in total. The van der Waals surface area contributed by atoms with E-state index in [1.54, 1.807) is 6.92 Å². The van der Waals surface area contributed by atoms with Crippen LogP contribution < -0.4 is 5.32 Å². The predicted molar refractivity (Wildman–Crippen MR) is 95.1 cm³/mol. The van der Waals surface area contributed by atoms with Gasteiger partial charge in [0, 0.05) is 17.1 Å². The quantitative estimate of drug-likeness (QED) is 0.841. The highest BCUT2D eigenvalue weighted by Crippen LogP contribution is 2.32. The minimum absolute atomic E-state index is 0.0149. The van der Waals surface area contributed by atoms with Crippen molar-refractivity contribution in [2.45, 2.75) is 38.4 Å². The number of carbonyl (C=O) groups is 1. The number of anilines is 1. The van der Waals surface area contributed by atoms with Gasteiger partial charge in [0.15, 0.2) is 5.69 Å². The van der Waals surface area contributed by atoms with Crippen LogP contribution in [-0.4, -0.2) is 33.7 Å². The molecular weight excluding hydrogens is 342 g/mol. The summed E-state index contributed by atoms with van der Waals surface area (Å²) in [6.07, 6.45) is 4.36. The third-order valence-electron chi connectivity index (χ3n) is 4.37. The Labute approximate surface area is 151 Å². The first-order valence-electron chi connectivity index (χ1n) is 8.24. The maximum absolute atomic E-state index is 11.2. The van der Waals surface area contributed by atoms with Gasteiger partial charge >= 0.3 is 5.97 Å². The first-order valence-corrected chi connectivity index (χ1v) is 8.62. The van der Waals surface area contributed by atoms with Crippen LogP contribution in [0.3, 0.4) is 0 Å². The van der Waals surface area contributed by atoms with Gasteiger partial charge in [0.25, 0.3) is 0 Å². The van der Waals surface area contributed by atoms with Crippen molar-refractivity contribution in [1.82, 2.24) is 9.97 Å². The molecule has 1 aliphatic rings. The Balaban J connectivity index is 1.63. The molecule has 2 heterocycles. The number of nitrogens with zero attached hydrogens (tertiary/aromatic N) is 2. The van der Waals surface area contributed by atoms with Gasteiger partial charge in [-0.05, 0) is 43.9 Å². The molecule has 2 aromatic rings. The van der Waals surface area contributed by atoms with Gasteiger partial charge in [0.2, 0.25) is 0 Å². The van der Waals surface area contributed by atoms with E-state index in [-0.39, 0.29) is 17.9 Å². The van der Waals surface area contributed by atoms with Gasteiger partial charge < -0.3 is 15.2 Å². The highest BCUT2D eigenvalue weighted by Gasteiger charge is 2.24. The topological polar surface area (TPSA) is 84.3 Å². The van der Waals surface area contributed by atoms with E-state index in [9.17, 15) is 4.79 Å². The van der Waals surface area contributed by atoms with Gasteiger partial charge in [-0.15, -0.1) is 0 Å². The van der Waals surface area contributed by atoms with Crippen LogP contribution in [0.1, 0.15) is 47.0 Å². The van der Waals surface area contributed by atoms with Gasteiger partial charge in [-0.3, -0.25) is 0 Å². The van der Waals surface area contributed by atoms with Crippen LogP contribution in [0, 0.1) is 6.92 Å². The lowest BCUT2D eigenvalue weighted by Gasteiger charge is -2.30. The molecule has 0 radical (unpaired) electrons. The Morgan fingerprint density at radius 3 is 2.80 bits per heavy atom. The maximum atomic E-state index is 11.2. The molecular formula is C18H20ClN3O3. The number of halogens is 1. The van der Waals surface area contributed by atoms with Crippen molar-refractivity contribution in [3.8, 4) is 0 Å². The summed E-state index contributed by atoms with van der Waals surface area (Å²) in [5, 5.41) is 13.0. The summed E-state index contributed by atoms with van der Waals surface area (Å²) in [6.45, 7) is 2.27. The highest BCUT2D eigenvalue weighted by atomic mass is 35.5. The molecule has 0 aliphatic carbocycles. The average Bonchev–Trinajstić information content (AvgIpc) is 2.61. The standard InChI is InChI=1S/C18H20ClN3O3/c1-11-16(18(23)24)21-10-22-17(11)20-9-14-3-2-4-15(25-14)12-5-7-13(19)8-6-12/h5-8,10,14-15H,2-4,9H2,1H3,(H,23,24)(H,20,21,22)/t14-,15+/m0/s1. The fraction of sp³-hybridized carbons (Fsp3) is 0.389. The number of aromatic carboxylic acids is 1. The molecule has 132 valence electrons. The van der Waals surface area contributed by atoms with E-state index < -0.39 is 5.97 Å². The first-order chi connectivity index (χ1) is 12.0. The molecule has 1 aromatic carbocycles. The van der Waals surface area contributed by atoms with Gasteiger partial charge in [-0.25, -0.2) is 14.8 Å². The van der Waals surface area contributed by atoms with E-state index in [1.807, 2.05) is 24.3 Å². The third-order valence-corrected chi connectivity index (χ3v) is 4.63. The zero-order chi connectivity index (χ0) is 17.8. The molecule has 0 saturated carbocycles. The van der Waals surface area contributed by atoms with Gasteiger partial charge in [0.05, 0.1) is 12.2 Å². The molecule has 2 N–H and O–H groups in total. The smallest absolute Gasteiger partial charge is 0.354 e. The highest BCUT2D eigenvalue weighted by molar-refractivity contribution is 6.30. The molecule has 3 rings (SSSR count). The maximum Gasteiger partial charge on any atom is 0.354 e. The molecule has 1 saturated heterocycles. The lowest BCUT2D eigenvalue weighted by Crippen LogP contribution is -2.29. The molecule has 1 aliphatic heterocycles. The first kappa shape index (κ1) is 17.6. The zero-order valence-electron chi connectivity index (χ0n) is 13.9. The second-order valence-electron chi connectivity index (χ2n) is 6.11. The van der Waals surface area contributed by atoms with Crippen molar-refractivity contribution in [3.05, 3.63) is 52.4 Å². The summed E-state index contributed by atoms with van der Waals surface area (Å²) >= 11 is 5.94. The number of carboxylic acids is 1. The van der Waals surface area contributed by atoms with Crippen LogP contribution in [0.2, 0.25) is 5.02 Å². The van der Waals surface area contributed by atoms with Crippen LogP contribution in [0.15, 0.2) is 30.6 Å². The number of nitrogens with one attached hydrogen (secondary N) is 1. The molecule has 1 fully saturated rings. The Morgan fingerprint density at radius 1 is 1.32 bits per heavy atom. The minimum atomic E-state index is -1.06. The van der Waals surface area contributed by atoms with Crippen LogP contribution >= 0.6 is 11.6 Å². The third kappa shape index (κ3) is 4.27. The summed E-state index contributed by atoms with van der Waals surface area (Å²) < 4.78 is 6.19. The summed E-state index contributed by atoms with van der Waals surface area (Å²) in [7, 11) is 0. The van der Waals surface area contributed by atoms with Crippen LogP contribution in [0.4, 0.5) is 5.82 Å². The van der Waals surface area contributed by atoms with Crippen molar-refractivity contribution >= 4 is 23.4 Å². The number of aromatic nitrogens is 2. The molecule has 2 atom stereocenters. The molecule has 25 heavy (non-hydrogen) atoms. The Kier molecular flexibility index (Phi) is 5.50. The predicted octanol–water partition coefficient (Wildman–Crippen LogP) is 3.86. The SMILES string of the molecule is Cc1c(NC[C@@H]2CCC[C@H](c3ccc(Cl)cc3)O2)ncnc1C(=O)O. The molecule has 0 bridgehead atoms. The monoisotopic (exact) mass is 361 g/mol. The summed E-state index contributed by atoms with van der Waals surface area (Å²) in [4.78, 5) is 19.1. The lowest BCUT2D eigenvalue weighted by molar-refractivity contribution is -0.0442. The van der Waals surface area contributed by atoms with E-state index in [2.05, 4.69) is 15.3 Å².